The number of nitrogens with one attached hydrogen (secondary N) is 1. The van der Waals surface area contributed by atoms with Gasteiger partial charge in [-0.25, -0.2) is 0 Å². The second kappa shape index (κ2) is 6.08. The Morgan fingerprint density at radius 1 is 1.42 bits per heavy atom. The van der Waals surface area contributed by atoms with Gasteiger partial charge in [0.15, 0.2) is 0 Å². The number of hydrogen-bond acceptors (Lipinski definition) is 3. The lowest BCUT2D eigenvalue weighted by Crippen LogP contribution is -2.39. The van der Waals surface area contributed by atoms with Crippen LogP contribution in [0.5, 0.6) is 5.75 Å². The zero-order valence-corrected chi connectivity index (χ0v) is 11.8. The number of nitriles is 1. The minimum atomic E-state index is -0.0736. The van der Waals surface area contributed by atoms with E-state index in [4.69, 9.17) is 10.00 Å². The summed E-state index contributed by atoms with van der Waals surface area (Å²) in [5, 5.41) is 12.6. The molecule has 1 fully saturated rings. The third-order valence-electron chi connectivity index (χ3n) is 4.06. The van der Waals surface area contributed by atoms with Gasteiger partial charge in [-0.05, 0) is 49.9 Å². The molecule has 0 spiro atoms. The van der Waals surface area contributed by atoms with Crippen LogP contribution in [-0.2, 0) is 6.42 Å². The molecule has 0 heterocycles. The van der Waals surface area contributed by atoms with Gasteiger partial charge in [-0.3, -0.25) is 0 Å². The Labute approximate surface area is 115 Å². The normalized spacial score (nSPS) is 16.5. The number of methoxy groups -OCH3 is 1. The van der Waals surface area contributed by atoms with Gasteiger partial charge in [0, 0.05) is 6.54 Å². The van der Waals surface area contributed by atoms with Gasteiger partial charge in [0.25, 0.3) is 0 Å². The molecule has 3 heteroatoms. The molecule has 0 aromatic heterocycles. The van der Waals surface area contributed by atoms with Crippen LogP contribution in [0.15, 0.2) is 18.2 Å². The summed E-state index contributed by atoms with van der Waals surface area (Å²) in [4.78, 5) is 0. The summed E-state index contributed by atoms with van der Waals surface area (Å²) in [5.74, 6) is 0.939. The molecule has 3 nitrogen and oxygen atoms in total. The van der Waals surface area contributed by atoms with E-state index in [1.807, 2.05) is 6.07 Å². The van der Waals surface area contributed by atoms with E-state index in [1.165, 1.54) is 17.5 Å². The van der Waals surface area contributed by atoms with Gasteiger partial charge in [0.05, 0.1) is 18.6 Å². The first kappa shape index (κ1) is 13.9. The van der Waals surface area contributed by atoms with Crippen molar-refractivity contribution in [3.8, 4) is 11.8 Å². The van der Waals surface area contributed by atoms with Crippen LogP contribution in [0.3, 0.4) is 0 Å². The first-order valence-corrected chi connectivity index (χ1v) is 6.95. The minimum absolute atomic E-state index is 0.0736. The topological polar surface area (TPSA) is 45.0 Å². The van der Waals surface area contributed by atoms with Gasteiger partial charge in [0.1, 0.15) is 5.75 Å². The number of nitrogens with zero attached hydrogens (tertiary/aromatic N) is 1. The largest absolute Gasteiger partial charge is 0.496 e. The van der Waals surface area contributed by atoms with Crippen LogP contribution < -0.4 is 10.1 Å². The summed E-state index contributed by atoms with van der Waals surface area (Å²) in [6.07, 6.45) is 4.30. The van der Waals surface area contributed by atoms with Gasteiger partial charge in [-0.15, -0.1) is 0 Å². The van der Waals surface area contributed by atoms with Crippen LogP contribution in [0.1, 0.15) is 30.4 Å². The summed E-state index contributed by atoms with van der Waals surface area (Å²) < 4.78 is 5.26. The van der Waals surface area contributed by atoms with Crippen molar-refractivity contribution in [1.82, 2.24) is 5.32 Å². The Morgan fingerprint density at radius 2 is 2.21 bits per heavy atom. The number of hydrogen-bond donors (Lipinski definition) is 1. The smallest absolute Gasteiger partial charge is 0.121 e. The second-order valence-electron chi connectivity index (χ2n) is 5.48. The third kappa shape index (κ3) is 3.27. The van der Waals surface area contributed by atoms with Crippen molar-refractivity contribution in [3.05, 3.63) is 29.3 Å². The predicted octanol–water partition coefficient (Wildman–Crippen LogP) is 2.83. The molecule has 1 saturated carbocycles. The maximum atomic E-state index is 9.14. The number of benzene rings is 1. The third-order valence-corrected chi connectivity index (χ3v) is 4.06. The minimum Gasteiger partial charge on any atom is -0.496 e. The van der Waals surface area contributed by atoms with Crippen molar-refractivity contribution in [1.29, 1.82) is 5.26 Å². The molecular weight excluding hydrogens is 236 g/mol. The molecule has 0 radical (unpaired) electrons. The monoisotopic (exact) mass is 258 g/mol. The van der Waals surface area contributed by atoms with Gasteiger partial charge < -0.3 is 10.1 Å². The van der Waals surface area contributed by atoms with E-state index in [2.05, 4.69) is 30.4 Å². The van der Waals surface area contributed by atoms with E-state index in [1.54, 1.807) is 7.11 Å². The fraction of sp³-hybridized carbons (Fsp3) is 0.562. The van der Waals surface area contributed by atoms with Crippen LogP contribution in [0.2, 0.25) is 0 Å². The van der Waals surface area contributed by atoms with E-state index < -0.39 is 0 Å². The zero-order chi connectivity index (χ0) is 13.7. The fourth-order valence-corrected chi connectivity index (χ4v) is 2.59. The SMILES string of the molecule is COc1ccc(CCNCC2(C#N)CCC2)cc1C. The fourth-order valence-electron chi connectivity index (χ4n) is 2.59. The molecule has 0 saturated heterocycles. The van der Waals surface area contributed by atoms with Gasteiger partial charge >= 0.3 is 0 Å². The average Bonchev–Trinajstić information content (AvgIpc) is 2.37. The molecule has 2 rings (SSSR count). The van der Waals surface area contributed by atoms with Crippen LogP contribution >= 0.6 is 0 Å². The van der Waals surface area contributed by atoms with Gasteiger partial charge in [-0.2, -0.15) is 5.26 Å². The molecule has 0 bridgehead atoms. The number of ether oxygens (including phenoxy) is 1. The summed E-state index contributed by atoms with van der Waals surface area (Å²) in [6.45, 7) is 3.82. The van der Waals surface area contributed by atoms with Crippen LogP contribution in [0, 0.1) is 23.7 Å². The molecule has 1 N–H and O–H groups in total. The molecule has 0 amide bonds. The summed E-state index contributed by atoms with van der Waals surface area (Å²) in [7, 11) is 1.70. The molecule has 1 aromatic rings. The molecule has 19 heavy (non-hydrogen) atoms. The molecule has 0 unspecified atom stereocenters. The highest BCUT2D eigenvalue weighted by Crippen LogP contribution is 2.39. The van der Waals surface area contributed by atoms with E-state index in [9.17, 15) is 0 Å². The van der Waals surface area contributed by atoms with Crippen LogP contribution in [0.4, 0.5) is 0 Å². The number of aryl methyl sites for hydroxylation is 1. The molecule has 0 atom stereocenters. The lowest BCUT2D eigenvalue weighted by Gasteiger charge is -2.35. The second-order valence-corrected chi connectivity index (χ2v) is 5.48. The average molecular weight is 258 g/mol. The van der Waals surface area contributed by atoms with Gasteiger partial charge in [-0.1, -0.05) is 18.6 Å². The molecule has 1 aliphatic carbocycles. The molecule has 1 aromatic carbocycles. The van der Waals surface area contributed by atoms with Crippen LogP contribution in [-0.4, -0.2) is 20.2 Å². The Bertz CT molecular complexity index is 472. The van der Waals surface area contributed by atoms with Crippen molar-refractivity contribution in [3.63, 3.8) is 0 Å². The lowest BCUT2D eigenvalue weighted by molar-refractivity contribution is 0.208. The van der Waals surface area contributed by atoms with E-state index in [0.717, 1.165) is 38.1 Å². The van der Waals surface area contributed by atoms with E-state index in [0.29, 0.717) is 0 Å². The molecular formula is C16H22N2O. The highest BCUT2D eigenvalue weighted by molar-refractivity contribution is 5.36. The van der Waals surface area contributed by atoms with E-state index in [-0.39, 0.29) is 5.41 Å². The highest BCUT2D eigenvalue weighted by atomic mass is 16.5. The first-order chi connectivity index (χ1) is 9.19. The quantitative estimate of drug-likeness (QED) is 0.798. The maximum absolute atomic E-state index is 9.14. The Morgan fingerprint density at radius 3 is 2.74 bits per heavy atom. The van der Waals surface area contributed by atoms with Crippen LogP contribution in [0.25, 0.3) is 0 Å². The predicted molar refractivity (Wildman–Crippen MR) is 76.2 cm³/mol. The summed E-state index contributed by atoms with van der Waals surface area (Å²) in [6, 6.07) is 8.76. The summed E-state index contributed by atoms with van der Waals surface area (Å²) >= 11 is 0. The van der Waals surface area contributed by atoms with Crippen molar-refractivity contribution in [2.24, 2.45) is 5.41 Å². The van der Waals surface area contributed by atoms with Crippen molar-refractivity contribution in [2.45, 2.75) is 32.6 Å². The first-order valence-electron chi connectivity index (χ1n) is 6.95. The lowest BCUT2D eigenvalue weighted by atomic mass is 9.70. The Hall–Kier alpha value is -1.53. The van der Waals surface area contributed by atoms with Gasteiger partial charge in [0.2, 0.25) is 0 Å². The van der Waals surface area contributed by atoms with Crippen molar-refractivity contribution < 1.29 is 4.74 Å². The molecule has 102 valence electrons. The summed E-state index contributed by atoms with van der Waals surface area (Å²) in [5.41, 5.74) is 2.41. The maximum Gasteiger partial charge on any atom is 0.121 e. The molecule has 1 aliphatic rings. The Balaban J connectivity index is 1.77. The zero-order valence-electron chi connectivity index (χ0n) is 11.8. The number of rotatable bonds is 6. The van der Waals surface area contributed by atoms with Crippen molar-refractivity contribution in [2.75, 3.05) is 20.2 Å². The highest BCUT2D eigenvalue weighted by Gasteiger charge is 2.36. The molecule has 0 aliphatic heterocycles. The standard InChI is InChI=1S/C16H22N2O/c1-13-10-14(4-5-15(13)19-2)6-9-18-12-16(11-17)7-3-8-16/h4-5,10,18H,3,6-9,12H2,1-2H3. The van der Waals surface area contributed by atoms with Crippen molar-refractivity contribution >= 4 is 0 Å². The van der Waals surface area contributed by atoms with E-state index >= 15 is 0 Å². The Kier molecular flexibility index (Phi) is 4.44.